The SMILES string of the molecule is Nc1nnc(-c2ccccc2O)cc1C#CC1CCC(CN2CCC3(CCc4cc5c(cc4O3)CN(C3CCC(=O)NC3=O)C5=O)CC2)CC1. The molecule has 1 spiro atoms. The molecular weight excluding hydrogens is 632 g/mol. The number of carbonyl (C=O) groups excluding carboxylic acids is 3. The molecule has 1 aromatic heterocycles. The number of phenols is 1. The Morgan fingerprint density at radius 2 is 1.74 bits per heavy atom. The predicted octanol–water partition coefficient (Wildman–Crippen LogP) is 4.21. The number of ether oxygens (including phenoxy) is 1. The minimum absolute atomic E-state index is 0.137. The summed E-state index contributed by atoms with van der Waals surface area (Å²) in [6, 6.07) is 12.2. The molecule has 1 unspecified atom stereocenters. The first-order valence-electron chi connectivity index (χ1n) is 17.9. The third-order valence-corrected chi connectivity index (χ3v) is 11.4. The number of amides is 3. The normalized spacial score (nSPS) is 24.5. The number of hydrogen-bond donors (Lipinski definition) is 3. The number of piperidine rings is 2. The Bertz CT molecular complexity index is 1920. The number of benzene rings is 2. The van der Waals surface area contributed by atoms with Gasteiger partial charge in [-0.1, -0.05) is 24.0 Å². The predicted molar refractivity (Wildman–Crippen MR) is 186 cm³/mol. The van der Waals surface area contributed by atoms with Gasteiger partial charge in [-0.2, -0.15) is 0 Å². The molecule has 1 saturated carbocycles. The Morgan fingerprint density at radius 3 is 2.52 bits per heavy atom. The standard InChI is InChI=1S/C39H42N6O5/c40-36-27(20-31(42-43-36)29-3-1-2-4-33(29)46)10-9-24-5-7-25(8-6-24)22-44-17-15-39(16-18-44)14-13-26-19-30-28(21-34(26)50-39)23-45(38(30)49)32-11-12-35(47)41-37(32)48/h1-4,19-21,24-25,32,46H,5-8,11-18,22-23H2,(H2,40,43)(H,41,47,48). The smallest absolute Gasteiger partial charge is 0.255 e. The lowest BCUT2D eigenvalue weighted by Gasteiger charge is -2.45. The molecule has 1 aliphatic carbocycles. The maximum Gasteiger partial charge on any atom is 0.255 e. The number of aromatic hydroxyl groups is 1. The number of hydrogen-bond acceptors (Lipinski definition) is 9. The molecule has 8 rings (SSSR count). The van der Waals surface area contributed by atoms with E-state index in [4.69, 9.17) is 10.5 Å². The Kier molecular flexibility index (Phi) is 8.43. The maximum atomic E-state index is 13.3. The van der Waals surface area contributed by atoms with E-state index >= 15 is 0 Å². The first-order valence-corrected chi connectivity index (χ1v) is 17.9. The van der Waals surface area contributed by atoms with Gasteiger partial charge in [-0.3, -0.25) is 19.7 Å². The van der Waals surface area contributed by atoms with Crippen molar-refractivity contribution >= 4 is 23.5 Å². The number of para-hydroxylation sites is 1. The fourth-order valence-corrected chi connectivity index (χ4v) is 8.43. The molecule has 0 radical (unpaired) electrons. The second-order valence-electron chi connectivity index (χ2n) is 14.6. The highest BCUT2D eigenvalue weighted by atomic mass is 16.5. The van der Waals surface area contributed by atoms with Crippen LogP contribution >= 0.6 is 0 Å². The van der Waals surface area contributed by atoms with Gasteiger partial charge in [0.05, 0.1) is 11.3 Å². The molecule has 1 atom stereocenters. The zero-order valence-electron chi connectivity index (χ0n) is 28.1. The molecule has 2 aromatic carbocycles. The summed E-state index contributed by atoms with van der Waals surface area (Å²) in [4.78, 5) is 41.6. The van der Waals surface area contributed by atoms with E-state index in [2.05, 4.69) is 32.3 Å². The highest BCUT2D eigenvalue weighted by Gasteiger charge is 2.43. The molecule has 11 nitrogen and oxygen atoms in total. The summed E-state index contributed by atoms with van der Waals surface area (Å²) in [6.07, 6.45) is 8.81. The fourth-order valence-electron chi connectivity index (χ4n) is 8.43. The highest BCUT2D eigenvalue weighted by Crippen LogP contribution is 2.43. The van der Waals surface area contributed by atoms with E-state index in [1.807, 2.05) is 18.2 Å². The lowest BCUT2D eigenvalue weighted by atomic mass is 9.80. The molecule has 3 amide bonds. The highest BCUT2D eigenvalue weighted by molar-refractivity contribution is 6.05. The molecular formula is C39H42N6O5. The van der Waals surface area contributed by atoms with Crippen LogP contribution in [0.5, 0.6) is 11.5 Å². The number of nitrogens with two attached hydrogens (primary N) is 1. The van der Waals surface area contributed by atoms with Crippen molar-refractivity contribution in [1.82, 2.24) is 25.3 Å². The first-order chi connectivity index (χ1) is 24.2. The van der Waals surface area contributed by atoms with Gasteiger partial charge < -0.3 is 25.4 Å². The van der Waals surface area contributed by atoms with Crippen LogP contribution in [0.3, 0.4) is 0 Å². The van der Waals surface area contributed by atoms with Crippen LogP contribution in [0.4, 0.5) is 5.82 Å². The Morgan fingerprint density at radius 1 is 0.940 bits per heavy atom. The Hall–Kier alpha value is -4.95. The summed E-state index contributed by atoms with van der Waals surface area (Å²) < 4.78 is 6.77. The summed E-state index contributed by atoms with van der Waals surface area (Å²) in [5, 5.41) is 20.8. The van der Waals surface area contributed by atoms with Crippen molar-refractivity contribution in [1.29, 1.82) is 0 Å². The van der Waals surface area contributed by atoms with Crippen molar-refractivity contribution in [3.63, 3.8) is 0 Å². The van der Waals surface area contributed by atoms with Gasteiger partial charge in [-0.25, -0.2) is 0 Å². The molecule has 258 valence electrons. The van der Waals surface area contributed by atoms with Gasteiger partial charge in [0.15, 0.2) is 5.82 Å². The van der Waals surface area contributed by atoms with Gasteiger partial charge in [-0.15, -0.1) is 10.2 Å². The van der Waals surface area contributed by atoms with Crippen LogP contribution < -0.4 is 15.8 Å². The number of imide groups is 1. The fraction of sp³-hybridized carbons (Fsp3) is 0.462. The number of fused-ring (bicyclic) bond motifs is 2. The number of nitrogens with one attached hydrogen (secondary N) is 1. The Balaban J connectivity index is 0.832. The van der Waals surface area contributed by atoms with Crippen LogP contribution in [-0.4, -0.2) is 74.1 Å². The van der Waals surface area contributed by atoms with Crippen molar-refractivity contribution in [3.05, 3.63) is 64.7 Å². The number of rotatable bonds is 4. The molecule has 4 N–H and O–H groups in total. The third kappa shape index (κ3) is 6.29. The number of carbonyl (C=O) groups is 3. The minimum Gasteiger partial charge on any atom is -0.507 e. The summed E-state index contributed by atoms with van der Waals surface area (Å²) in [5.74, 6) is 8.19. The summed E-state index contributed by atoms with van der Waals surface area (Å²) in [6.45, 7) is 3.48. The molecule has 11 heteroatoms. The summed E-state index contributed by atoms with van der Waals surface area (Å²) in [5.41, 5.74) is 10.3. The number of nitrogen functional groups attached to an aromatic ring is 1. The molecule has 5 aliphatic rings. The van der Waals surface area contributed by atoms with Gasteiger partial charge in [0, 0.05) is 49.6 Å². The number of likely N-dealkylation sites (tertiary alicyclic amines) is 1. The van der Waals surface area contributed by atoms with Gasteiger partial charge in [0.1, 0.15) is 23.1 Å². The van der Waals surface area contributed by atoms with Crippen LogP contribution in [-0.2, 0) is 22.6 Å². The van der Waals surface area contributed by atoms with Crippen molar-refractivity contribution in [2.75, 3.05) is 25.4 Å². The summed E-state index contributed by atoms with van der Waals surface area (Å²) >= 11 is 0. The Labute approximate surface area is 291 Å². The second kappa shape index (κ2) is 13.1. The van der Waals surface area contributed by atoms with E-state index in [9.17, 15) is 19.5 Å². The summed E-state index contributed by atoms with van der Waals surface area (Å²) in [7, 11) is 0. The number of anilines is 1. The topological polar surface area (TPSA) is 151 Å². The largest absolute Gasteiger partial charge is 0.507 e. The van der Waals surface area contributed by atoms with E-state index in [1.165, 1.54) is 0 Å². The third-order valence-electron chi connectivity index (χ3n) is 11.4. The number of aromatic nitrogens is 2. The van der Waals surface area contributed by atoms with Gasteiger partial charge >= 0.3 is 0 Å². The molecule has 4 aliphatic heterocycles. The zero-order chi connectivity index (χ0) is 34.4. The molecule has 3 aromatic rings. The van der Waals surface area contributed by atoms with Crippen molar-refractivity contribution in [3.8, 4) is 34.6 Å². The monoisotopic (exact) mass is 674 g/mol. The molecule has 3 fully saturated rings. The van der Waals surface area contributed by atoms with Crippen LogP contribution in [0, 0.1) is 23.7 Å². The second-order valence-corrected chi connectivity index (χ2v) is 14.6. The lowest BCUT2D eigenvalue weighted by Crippen LogP contribution is -2.52. The zero-order valence-corrected chi connectivity index (χ0v) is 28.1. The number of nitrogens with zero attached hydrogens (tertiary/aromatic N) is 4. The molecule has 0 bridgehead atoms. The van der Waals surface area contributed by atoms with E-state index in [0.717, 1.165) is 87.9 Å². The van der Waals surface area contributed by atoms with Gasteiger partial charge in [0.2, 0.25) is 11.8 Å². The van der Waals surface area contributed by atoms with Crippen molar-refractivity contribution in [2.45, 2.75) is 82.4 Å². The van der Waals surface area contributed by atoms with Gasteiger partial charge in [-0.05, 0) is 105 Å². The average Bonchev–Trinajstić information content (AvgIpc) is 3.43. The van der Waals surface area contributed by atoms with E-state index < -0.39 is 6.04 Å². The average molecular weight is 675 g/mol. The van der Waals surface area contributed by atoms with Crippen LogP contribution in [0.2, 0.25) is 0 Å². The van der Waals surface area contributed by atoms with E-state index in [-0.39, 0.29) is 35.5 Å². The van der Waals surface area contributed by atoms with Crippen LogP contribution in [0.1, 0.15) is 84.8 Å². The van der Waals surface area contributed by atoms with E-state index in [1.54, 1.807) is 29.2 Å². The van der Waals surface area contributed by atoms with Crippen molar-refractivity contribution in [2.24, 2.45) is 11.8 Å². The minimum atomic E-state index is -0.612. The van der Waals surface area contributed by atoms with Crippen molar-refractivity contribution < 1.29 is 24.2 Å². The number of aryl methyl sites for hydroxylation is 1. The molecule has 2 saturated heterocycles. The lowest BCUT2D eigenvalue weighted by molar-refractivity contribution is -0.136. The number of phenolic OH excluding ortho intramolecular Hbond substituents is 1. The van der Waals surface area contributed by atoms with Crippen LogP contribution in [0.15, 0.2) is 42.5 Å². The molecule has 5 heterocycles. The maximum absolute atomic E-state index is 13.3. The van der Waals surface area contributed by atoms with Crippen LogP contribution in [0.25, 0.3) is 11.3 Å². The van der Waals surface area contributed by atoms with Gasteiger partial charge in [0.25, 0.3) is 5.91 Å². The molecule has 50 heavy (non-hydrogen) atoms. The van der Waals surface area contributed by atoms with E-state index in [0.29, 0.717) is 53.0 Å². The quantitative estimate of drug-likeness (QED) is 0.273. The first kappa shape index (κ1) is 32.3.